The number of nitrogens with one attached hydrogen (secondary N) is 2. The number of rotatable bonds is 4. The molecule has 9 heteroatoms. The van der Waals surface area contributed by atoms with Crippen molar-refractivity contribution in [3.8, 4) is 0 Å². The molecule has 0 spiro atoms. The van der Waals surface area contributed by atoms with Crippen LogP contribution in [0.2, 0.25) is 0 Å². The van der Waals surface area contributed by atoms with Gasteiger partial charge in [0.15, 0.2) is 5.03 Å². The zero-order valence-corrected chi connectivity index (χ0v) is 12.7. The SMILES string of the molecule is CC(NS(=O)(=O)c1cnnn1C)C1CCCNC1.Cl. The van der Waals surface area contributed by atoms with E-state index in [2.05, 4.69) is 20.4 Å². The molecule has 0 aliphatic carbocycles. The monoisotopic (exact) mass is 309 g/mol. The van der Waals surface area contributed by atoms with Gasteiger partial charge in [-0.15, -0.1) is 17.5 Å². The fraction of sp³-hybridized carbons (Fsp3) is 0.800. The summed E-state index contributed by atoms with van der Waals surface area (Å²) in [6, 6.07) is -0.0994. The van der Waals surface area contributed by atoms with Crippen LogP contribution in [0.4, 0.5) is 0 Å². The highest BCUT2D eigenvalue weighted by Crippen LogP contribution is 2.16. The lowest BCUT2D eigenvalue weighted by molar-refractivity contribution is 0.320. The van der Waals surface area contributed by atoms with Crippen LogP contribution in [0.25, 0.3) is 0 Å². The summed E-state index contributed by atoms with van der Waals surface area (Å²) in [5, 5.41) is 10.6. The quantitative estimate of drug-likeness (QED) is 0.811. The Morgan fingerprint density at radius 2 is 2.32 bits per heavy atom. The Balaban J connectivity index is 0.00000180. The molecule has 2 unspecified atom stereocenters. The lowest BCUT2D eigenvalue weighted by Gasteiger charge is -2.28. The van der Waals surface area contributed by atoms with Gasteiger partial charge in [0.1, 0.15) is 0 Å². The van der Waals surface area contributed by atoms with Crippen molar-refractivity contribution < 1.29 is 8.42 Å². The molecule has 2 N–H and O–H groups in total. The van der Waals surface area contributed by atoms with Gasteiger partial charge in [-0.3, -0.25) is 0 Å². The highest BCUT2D eigenvalue weighted by Gasteiger charge is 2.26. The Hall–Kier alpha value is -0.700. The van der Waals surface area contributed by atoms with Gasteiger partial charge in [0.05, 0.1) is 6.20 Å². The van der Waals surface area contributed by atoms with E-state index in [9.17, 15) is 8.42 Å². The molecule has 2 atom stereocenters. The van der Waals surface area contributed by atoms with Gasteiger partial charge in [0, 0.05) is 13.1 Å². The van der Waals surface area contributed by atoms with Gasteiger partial charge in [-0.05, 0) is 38.8 Å². The standard InChI is InChI=1S/C10H19N5O2S.ClH/c1-8(9-4-3-5-11-6-9)13-18(16,17)10-7-12-14-15(10)2;/h7-9,11,13H,3-6H2,1-2H3;1H. The topological polar surface area (TPSA) is 88.9 Å². The van der Waals surface area contributed by atoms with Crippen molar-refractivity contribution in [2.24, 2.45) is 13.0 Å². The molecule has 1 aromatic heterocycles. The Labute approximate surface area is 119 Å². The van der Waals surface area contributed by atoms with Crippen molar-refractivity contribution in [3.63, 3.8) is 0 Å². The number of sulfonamides is 1. The molecule has 1 aliphatic heterocycles. The fourth-order valence-corrected chi connectivity index (χ4v) is 3.60. The predicted molar refractivity (Wildman–Crippen MR) is 73.6 cm³/mol. The van der Waals surface area contributed by atoms with Crippen LogP contribution >= 0.6 is 12.4 Å². The molecule has 110 valence electrons. The second kappa shape index (κ2) is 6.65. The third-order valence-corrected chi connectivity index (χ3v) is 4.93. The van der Waals surface area contributed by atoms with E-state index in [4.69, 9.17) is 0 Å². The van der Waals surface area contributed by atoms with Crippen LogP contribution in [0.15, 0.2) is 11.2 Å². The maximum absolute atomic E-state index is 12.1. The molecule has 0 bridgehead atoms. The van der Waals surface area contributed by atoms with E-state index in [-0.39, 0.29) is 23.5 Å². The molecule has 1 fully saturated rings. The highest BCUT2D eigenvalue weighted by atomic mass is 35.5. The fourth-order valence-electron chi connectivity index (χ4n) is 2.23. The predicted octanol–water partition coefficient (Wildman–Crippen LogP) is -0.0967. The Bertz CT molecular complexity index is 498. The van der Waals surface area contributed by atoms with E-state index in [0.29, 0.717) is 5.92 Å². The first-order valence-corrected chi connectivity index (χ1v) is 7.57. The van der Waals surface area contributed by atoms with Gasteiger partial charge >= 0.3 is 0 Å². The number of hydrogen-bond acceptors (Lipinski definition) is 5. The largest absolute Gasteiger partial charge is 0.316 e. The van der Waals surface area contributed by atoms with Crippen molar-refractivity contribution >= 4 is 22.4 Å². The van der Waals surface area contributed by atoms with Crippen LogP contribution in [-0.2, 0) is 17.1 Å². The number of nitrogens with zero attached hydrogens (tertiary/aromatic N) is 3. The summed E-state index contributed by atoms with van der Waals surface area (Å²) in [7, 11) is -1.97. The van der Waals surface area contributed by atoms with Gasteiger partial charge in [-0.25, -0.2) is 17.8 Å². The molecule has 0 radical (unpaired) electrons. The van der Waals surface area contributed by atoms with Crippen LogP contribution in [0.5, 0.6) is 0 Å². The Morgan fingerprint density at radius 3 is 2.84 bits per heavy atom. The van der Waals surface area contributed by atoms with Crippen molar-refractivity contribution in [2.45, 2.75) is 30.8 Å². The van der Waals surface area contributed by atoms with Crippen molar-refractivity contribution in [2.75, 3.05) is 13.1 Å². The van der Waals surface area contributed by atoms with Crippen LogP contribution in [0.1, 0.15) is 19.8 Å². The van der Waals surface area contributed by atoms with Crippen LogP contribution < -0.4 is 10.0 Å². The number of aryl methyl sites for hydroxylation is 1. The molecule has 1 aliphatic rings. The Morgan fingerprint density at radius 1 is 1.58 bits per heavy atom. The van der Waals surface area contributed by atoms with E-state index < -0.39 is 10.0 Å². The average molecular weight is 310 g/mol. The molecule has 0 aromatic carbocycles. The third-order valence-electron chi connectivity index (χ3n) is 3.33. The number of halogens is 1. The molecule has 0 saturated carbocycles. The molecule has 0 amide bonds. The lowest BCUT2D eigenvalue weighted by Crippen LogP contribution is -2.44. The van der Waals surface area contributed by atoms with E-state index in [1.54, 1.807) is 7.05 Å². The first-order valence-electron chi connectivity index (χ1n) is 6.08. The Kier molecular flexibility index (Phi) is 5.72. The van der Waals surface area contributed by atoms with Gasteiger partial charge in [-0.2, -0.15) is 0 Å². The molecule has 2 rings (SSSR count). The molecule has 2 heterocycles. The van der Waals surface area contributed by atoms with Crippen molar-refractivity contribution in [3.05, 3.63) is 6.20 Å². The maximum atomic E-state index is 12.1. The van der Waals surface area contributed by atoms with Gasteiger partial charge in [-0.1, -0.05) is 5.21 Å². The summed E-state index contributed by atoms with van der Waals surface area (Å²) in [4.78, 5) is 0. The second-order valence-electron chi connectivity index (χ2n) is 4.71. The number of piperidine rings is 1. The summed E-state index contributed by atoms with van der Waals surface area (Å²) in [5.41, 5.74) is 0. The van der Waals surface area contributed by atoms with Gasteiger partial charge in [0.25, 0.3) is 10.0 Å². The lowest BCUT2D eigenvalue weighted by atomic mass is 9.94. The summed E-state index contributed by atoms with van der Waals surface area (Å²) in [6.07, 6.45) is 3.39. The molecule has 1 saturated heterocycles. The van der Waals surface area contributed by atoms with Crippen LogP contribution in [0.3, 0.4) is 0 Å². The minimum Gasteiger partial charge on any atom is -0.316 e. The summed E-state index contributed by atoms with van der Waals surface area (Å²) < 4.78 is 28.2. The van der Waals surface area contributed by atoms with Crippen LogP contribution in [-0.4, -0.2) is 42.5 Å². The zero-order valence-electron chi connectivity index (χ0n) is 11.0. The number of hydrogen-bond donors (Lipinski definition) is 2. The second-order valence-corrected chi connectivity index (χ2v) is 6.37. The van der Waals surface area contributed by atoms with E-state index >= 15 is 0 Å². The van der Waals surface area contributed by atoms with Crippen molar-refractivity contribution in [1.29, 1.82) is 0 Å². The summed E-state index contributed by atoms with van der Waals surface area (Å²) in [6.45, 7) is 3.77. The first-order chi connectivity index (χ1) is 8.50. The molecule has 7 nitrogen and oxygen atoms in total. The molecular weight excluding hydrogens is 290 g/mol. The smallest absolute Gasteiger partial charge is 0.259 e. The highest BCUT2D eigenvalue weighted by molar-refractivity contribution is 7.89. The van der Waals surface area contributed by atoms with E-state index in [1.807, 2.05) is 6.92 Å². The van der Waals surface area contributed by atoms with Gasteiger partial charge in [0.2, 0.25) is 0 Å². The van der Waals surface area contributed by atoms with Crippen molar-refractivity contribution in [1.82, 2.24) is 25.0 Å². The molecular formula is C10H20ClN5O2S. The van der Waals surface area contributed by atoms with E-state index in [0.717, 1.165) is 25.9 Å². The minimum atomic E-state index is -3.54. The van der Waals surface area contributed by atoms with Gasteiger partial charge < -0.3 is 5.32 Å². The zero-order chi connectivity index (χ0) is 13.2. The number of aromatic nitrogens is 3. The molecule has 1 aromatic rings. The van der Waals surface area contributed by atoms with Crippen LogP contribution in [0, 0.1) is 5.92 Å². The van der Waals surface area contributed by atoms with E-state index in [1.165, 1.54) is 10.9 Å². The minimum absolute atomic E-state index is 0. The first kappa shape index (κ1) is 16.4. The summed E-state index contributed by atoms with van der Waals surface area (Å²) >= 11 is 0. The maximum Gasteiger partial charge on any atom is 0.259 e. The molecule has 19 heavy (non-hydrogen) atoms. The summed E-state index contributed by atoms with van der Waals surface area (Å²) in [5.74, 6) is 0.328. The normalized spacial score (nSPS) is 21.7. The average Bonchev–Trinajstić information content (AvgIpc) is 2.77. The third kappa shape index (κ3) is 3.88.